The second-order valence-corrected chi connectivity index (χ2v) is 5.56. The number of hydrogen-bond acceptors (Lipinski definition) is 1. The predicted octanol–water partition coefficient (Wildman–Crippen LogP) is 3.62. The Labute approximate surface area is 110 Å². The average Bonchev–Trinajstić information content (AvgIpc) is 2.38. The first-order valence-corrected chi connectivity index (χ1v) is 7.18. The summed E-state index contributed by atoms with van der Waals surface area (Å²) in [4.78, 5) is 0. The fourth-order valence-corrected chi connectivity index (χ4v) is 2.93. The maximum absolute atomic E-state index is 6.34. The van der Waals surface area contributed by atoms with Gasteiger partial charge < -0.3 is 5.32 Å². The molecule has 0 amide bonds. The summed E-state index contributed by atoms with van der Waals surface area (Å²) in [6, 6.07) is 10.6. The zero-order valence-electron chi connectivity index (χ0n) is 10.4. The lowest BCUT2D eigenvalue weighted by Gasteiger charge is -2.27. The molecule has 17 heavy (non-hydrogen) atoms. The Morgan fingerprint density at radius 3 is 2.65 bits per heavy atom. The third kappa shape index (κ3) is 4.33. The van der Waals surface area contributed by atoms with Gasteiger partial charge in [-0.3, -0.25) is 0 Å². The molecule has 0 aromatic heterocycles. The van der Waals surface area contributed by atoms with Crippen LogP contribution in [0.5, 0.6) is 0 Å². The van der Waals surface area contributed by atoms with Crippen LogP contribution in [0.3, 0.4) is 0 Å². The van der Waals surface area contributed by atoms with Crippen molar-refractivity contribution in [2.75, 3.05) is 13.1 Å². The maximum Gasteiger partial charge on any atom is 0.0376 e. The Morgan fingerprint density at radius 1 is 1.12 bits per heavy atom. The molecule has 1 aromatic carbocycles. The Bertz CT molecular complexity index is 312. The Kier molecular flexibility index (Phi) is 5.34. The number of rotatable bonds is 5. The van der Waals surface area contributed by atoms with Crippen molar-refractivity contribution in [2.45, 2.75) is 37.5 Å². The van der Waals surface area contributed by atoms with Crippen LogP contribution in [-0.2, 0) is 6.42 Å². The Hall–Kier alpha value is -0.530. The van der Waals surface area contributed by atoms with Gasteiger partial charge in [-0.05, 0) is 43.8 Å². The van der Waals surface area contributed by atoms with E-state index in [0.29, 0.717) is 11.3 Å². The van der Waals surface area contributed by atoms with Gasteiger partial charge in [0.15, 0.2) is 0 Å². The van der Waals surface area contributed by atoms with Crippen molar-refractivity contribution >= 4 is 11.6 Å². The van der Waals surface area contributed by atoms with Gasteiger partial charge in [-0.1, -0.05) is 43.2 Å². The fraction of sp³-hybridized carbons (Fsp3) is 0.600. The van der Waals surface area contributed by atoms with E-state index in [-0.39, 0.29) is 0 Å². The maximum atomic E-state index is 6.34. The number of alkyl halides is 1. The van der Waals surface area contributed by atoms with Gasteiger partial charge >= 0.3 is 0 Å². The lowest BCUT2D eigenvalue weighted by molar-refractivity contribution is 0.350. The van der Waals surface area contributed by atoms with Crippen molar-refractivity contribution in [1.82, 2.24) is 5.32 Å². The summed E-state index contributed by atoms with van der Waals surface area (Å²) in [6.45, 7) is 2.14. The number of benzene rings is 1. The summed E-state index contributed by atoms with van der Waals surface area (Å²) >= 11 is 6.34. The molecule has 1 saturated carbocycles. The van der Waals surface area contributed by atoms with Crippen molar-refractivity contribution in [3.63, 3.8) is 0 Å². The second-order valence-electron chi connectivity index (χ2n) is 5.00. The average molecular weight is 252 g/mol. The predicted molar refractivity (Wildman–Crippen MR) is 74.6 cm³/mol. The lowest BCUT2D eigenvalue weighted by atomic mass is 9.89. The smallest absolute Gasteiger partial charge is 0.0376 e. The minimum absolute atomic E-state index is 0.396. The molecule has 94 valence electrons. The first-order chi connectivity index (χ1) is 8.36. The molecule has 0 radical (unpaired) electrons. The Balaban J connectivity index is 1.63. The van der Waals surface area contributed by atoms with Crippen LogP contribution in [0.25, 0.3) is 0 Å². The standard InChI is InChI=1S/C15H22ClN/c16-15-9-5-4-8-14(15)12-17-11-10-13-6-2-1-3-7-13/h1-3,6-7,14-15,17H,4-5,8-12H2. The molecule has 0 bridgehead atoms. The monoisotopic (exact) mass is 251 g/mol. The van der Waals surface area contributed by atoms with Crippen molar-refractivity contribution in [1.29, 1.82) is 0 Å². The third-order valence-corrected chi connectivity index (χ3v) is 4.23. The van der Waals surface area contributed by atoms with E-state index in [1.54, 1.807) is 0 Å². The van der Waals surface area contributed by atoms with Gasteiger partial charge in [-0.25, -0.2) is 0 Å². The van der Waals surface area contributed by atoms with Crippen molar-refractivity contribution in [3.05, 3.63) is 35.9 Å². The molecule has 2 atom stereocenters. The van der Waals surface area contributed by atoms with Gasteiger partial charge in [-0.2, -0.15) is 0 Å². The van der Waals surface area contributed by atoms with Crippen LogP contribution >= 0.6 is 11.6 Å². The largest absolute Gasteiger partial charge is 0.316 e. The van der Waals surface area contributed by atoms with Crippen LogP contribution in [0.1, 0.15) is 31.2 Å². The van der Waals surface area contributed by atoms with Crippen LogP contribution in [0, 0.1) is 5.92 Å². The van der Waals surface area contributed by atoms with Gasteiger partial charge in [0.25, 0.3) is 0 Å². The quantitative estimate of drug-likeness (QED) is 0.623. The zero-order chi connectivity index (χ0) is 11.9. The Morgan fingerprint density at radius 2 is 1.88 bits per heavy atom. The van der Waals surface area contributed by atoms with Crippen molar-refractivity contribution in [2.24, 2.45) is 5.92 Å². The summed E-state index contributed by atoms with van der Waals surface area (Å²) in [5.74, 6) is 0.682. The van der Waals surface area contributed by atoms with E-state index in [2.05, 4.69) is 35.6 Å². The first kappa shape index (κ1) is 12.9. The summed E-state index contributed by atoms with van der Waals surface area (Å²) in [5.41, 5.74) is 1.41. The fourth-order valence-electron chi connectivity index (χ4n) is 2.56. The summed E-state index contributed by atoms with van der Waals surface area (Å²) in [6.07, 6.45) is 6.28. The van der Waals surface area contributed by atoms with Crippen LogP contribution in [0.2, 0.25) is 0 Å². The number of nitrogens with one attached hydrogen (secondary N) is 1. The second kappa shape index (κ2) is 7.03. The highest BCUT2D eigenvalue weighted by Gasteiger charge is 2.22. The molecule has 0 aliphatic heterocycles. The first-order valence-electron chi connectivity index (χ1n) is 6.75. The van der Waals surface area contributed by atoms with Gasteiger partial charge in [0.2, 0.25) is 0 Å². The highest BCUT2D eigenvalue weighted by atomic mass is 35.5. The molecule has 0 spiro atoms. The molecule has 1 aromatic rings. The minimum atomic E-state index is 0.396. The summed E-state index contributed by atoms with van der Waals surface area (Å²) < 4.78 is 0. The van der Waals surface area contributed by atoms with Gasteiger partial charge in [-0.15, -0.1) is 11.6 Å². The summed E-state index contributed by atoms with van der Waals surface area (Å²) in [5, 5.41) is 3.95. The number of halogens is 1. The molecule has 0 heterocycles. The van der Waals surface area contributed by atoms with E-state index in [1.807, 2.05) is 0 Å². The van der Waals surface area contributed by atoms with Crippen LogP contribution in [0.4, 0.5) is 0 Å². The van der Waals surface area contributed by atoms with E-state index < -0.39 is 0 Å². The minimum Gasteiger partial charge on any atom is -0.316 e. The van der Waals surface area contributed by atoms with Crippen LogP contribution < -0.4 is 5.32 Å². The number of hydrogen-bond donors (Lipinski definition) is 1. The molecule has 1 nitrogen and oxygen atoms in total. The van der Waals surface area contributed by atoms with E-state index >= 15 is 0 Å². The van der Waals surface area contributed by atoms with Crippen molar-refractivity contribution < 1.29 is 0 Å². The highest BCUT2D eigenvalue weighted by Crippen LogP contribution is 2.27. The third-order valence-electron chi connectivity index (χ3n) is 3.66. The van der Waals surface area contributed by atoms with E-state index in [4.69, 9.17) is 11.6 Å². The molecule has 2 rings (SSSR count). The van der Waals surface area contributed by atoms with Crippen LogP contribution in [-0.4, -0.2) is 18.5 Å². The highest BCUT2D eigenvalue weighted by molar-refractivity contribution is 6.20. The van der Waals surface area contributed by atoms with E-state index in [1.165, 1.54) is 31.2 Å². The van der Waals surface area contributed by atoms with Gasteiger partial charge in [0, 0.05) is 5.38 Å². The molecular formula is C15H22ClN. The molecule has 1 fully saturated rings. The van der Waals surface area contributed by atoms with E-state index in [0.717, 1.165) is 19.5 Å². The SMILES string of the molecule is ClC1CCCCC1CNCCc1ccccc1. The van der Waals surface area contributed by atoms with Gasteiger partial charge in [0.1, 0.15) is 0 Å². The molecular weight excluding hydrogens is 230 g/mol. The van der Waals surface area contributed by atoms with E-state index in [9.17, 15) is 0 Å². The molecule has 2 heteroatoms. The van der Waals surface area contributed by atoms with Gasteiger partial charge in [0.05, 0.1) is 0 Å². The molecule has 2 unspecified atom stereocenters. The molecule has 0 saturated heterocycles. The zero-order valence-corrected chi connectivity index (χ0v) is 11.1. The molecule has 1 aliphatic carbocycles. The molecule has 1 aliphatic rings. The summed E-state index contributed by atoms with van der Waals surface area (Å²) in [7, 11) is 0. The normalized spacial score (nSPS) is 24.8. The lowest BCUT2D eigenvalue weighted by Crippen LogP contribution is -2.32. The topological polar surface area (TPSA) is 12.0 Å². The van der Waals surface area contributed by atoms with Crippen LogP contribution in [0.15, 0.2) is 30.3 Å². The molecule has 1 N–H and O–H groups in total. The van der Waals surface area contributed by atoms with Crippen molar-refractivity contribution in [3.8, 4) is 0 Å².